The summed E-state index contributed by atoms with van der Waals surface area (Å²) in [7, 11) is 1.45. The maximum absolute atomic E-state index is 13.6. The van der Waals surface area contributed by atoms with E-state index in [1.165, 1.54) is 14.0 Å². The van der Waals surface area contributed by atoms with Crippen LogP contribution in [0, 0.1) is 6.92 Å². The summed E-state index contributed by atoms with van der Waals surface area (Å²) in [5, 5.41) is 0.962. The van der Waals surface area contributed by atoms with E-state index in [2.05, 4.69) is 5.43 Å². The van der Waals surface area contributed by atoms with Crippen molar-refractivity contribution >= 4 is 29.3 Å². The van der Waals surface area contributed by atoms with Gasteiger partial charge in [-0.15, -0.1) is 0 Å². The van der Waals surface area contributed by atoms with Crippen LogP contribution >= 0.6 is 0 Å². The van der Waals surface area contributed by atoms with Gasteiger partial charge in [-0.2, -0.15) is 0 Å². The SMILES string of the molecule is COc1ccc(C)cc1N1C(=O)CC(N(NC(=O)C(c2ccccc2)c2ccccc2)C(C)=O)C1=O. The van der Waals surface area contributed by atoms with Gasteiger partial charge in [0, 0.05) is 6.92 Å². The number of rotatable bonds is 6. The topological polar surface area (TPSA) is 96.0 Å². The van der Waals surface area contributed by atoms with E-state index in [-0.39, 0.29) is 6.42 Å². The average molecular weight is 486 g/mol. The molecule has 1 aliphatic heterocycles. The number of imide groups is 1. The van der Waals surface area contributed by atoms with Crippen molar-refractivity contribution < 1.29 is 23.9 Å². The number of ether oxygens (including phenoxy) is 1. The van der Waals surface area contributed by atoms with Gasteiger partial charge < -0.3 is 4.74 Å². The second-order valence-electron chi connectivity index (χ2n) is 8.58. The first-order valence-electron chi connectivity index (χ1n) is 11.5. The third-order valence-electron chi connectivity index (χ3n) is 6.11. The van der Waals surface area contributed by atoms with Gasteiger partial charge in [0.05, 0.1) is 25.1 Å². The fraction of sp³-hybridized carbons (Fsp3) is 0.214. The van der Waals surface area contributed by atoms with Crippen LogP contribution in [0.4, 0.5) is 5.69 Å². The molecular formula is C28H27N3O5. The van der Waals surface area contributed by atoms with Crippen molar-refractivity contribution in [2.45, 2.75) is 32.2 Å². The summed E-state index contributed by atoms with van der Waals surface area (Å²) in [5.41, 5.74) is 5.22. The number of hydrogen-bond acceptors (Lipinski definition) is 5. The van der Waals surface area contributed by atoms with Crippen LogP contribution in [-0.2, 0) is 19.2 Å². The number of hydrazine groups is 1. The number of carbonyl (C=O) groups excluding carboxylic acids is 4. The van der Waals surface area contributed by atoms with Crippen molar-refractivity contribution in [2.24, 2.45) is 0 Å². The normalized spacial score (nSPS) is 15.2. The molecule has 1 heterocycles. The Labute approximate surface area is 209 Å². The number of benzene rings is 3. The predicted octanol–water partition coefficient (Wildman–Crippen LogP) is 3.35. The minimum absolute atomic E-state index is 0.267. The molecule has 1 atom stereocenters. The van der Waals surface area contributed by atoms with E-state index < -0.39 is 35.6 Å². The lowest BCUT2D eigenvalue weighted by atomic mass is 9.91. The maximum Gasteiger partial charge on any atom is 0.259 e. The largest absolute Gasteiger partial charge is 0.495 e. The molecule has 1 fully saturated rings. The van der Waals surface area contributed by atoms with Gasteiger partial charge in [0.15, 0.2) is 0 Å². The first kappa shape index (κ1) is 24.7. The van der Waals surface area contributed by atoms with E-state index in [0.717, 1.165) is 26.6 Å². The summed E-state index contributed by atoms with van der Waals surface area (Å²) >= 11 is 0. The van der Waals surface area contributed by atoms with E-state index in [1.807, 2.05) is 67.6 Å². The lowest BCUT2D eigenvalue weighted by molar-refractivity contribution is -0.146. The van der Waals surface area contributed by atoms with Crippen LogP contribution in [0.1, 0.15) is 36.0 Å². The summed E-state index contributed by atoms with van der Waals surface area (Å²) in [6.45, 7) is 3.08. The van der Waals surface area contributed by atoms with Crippen molar-refractivity contribution in [3.63, 3.8) is 0 Å². The molecule has 8 nitrogen and oxygen atoms in total. The van der Waals surface area contributed by atoms with Crippen molar-refractivity contribution in [2.75, 3.05) is 12.0 Å². The Morgan fingerprint density at radius 2 is 1.56 bits per heavy atom. The molecule has 1 saturated heterocycles. The molecule has 3 aromatic rings. The van der Waals surface area contributed by atoms with Crippen molar-refractivity contribution in [3.05, 3.63) is 95.6 Å². The van der Waals surface area contributed by atoms with Gasteiger partial charge in [0.1, 0.15) is 11.8 Å². The number of anilines is 1. The zero-order valence-electron chi connectivity index (χ0n) is 20.3. The van der Waals surface area contributed by atoms with Crippen LogP contribution in [0.25, 0.3) is 0 Å². The third kappa shape index (κ3) is 4.84. The minimum Gasteiger partial charge on any atom is -0.495 e. The number of hydrogen-bond donors (Lipinski definition) is 1. The molecule has 1 aliphatic rings. The maximum atomic E-state index is 13.6. The van der Waals surface area contributed by atoms with Gasteiger partial charge in [-0.05, 0) is 35.7 Å². The molecule has 1 unspecified atom stereocenters. The van der Waals surface area contributed by atoms with Gasteiger partial charge in [-0.3, -0.25) is 24.6 Å². The number of amides is 4. The van der Waals surface area contributed by atoms with Crippen LogP contribution in [0.15, 0.2) is 78.9 Å². The minimum atomic E-state index is -1.18. The monoisotopic (exact) mass is 485 g/mol. The highest BCUT2D eigenvalue weighted by Crippen LogP contribution is 2.34. The first-order chi connectivity index (χ1) is 17.3. The van der Waals surface area contributed by atoms with Crippen LogP contribution in [-0.4, -0.2) is 41.8 Å². The Bertz CT molecular complexity index is 1250. The van der Waals surface area contributed by atoms with Crippen LogP contribution in [0.5, 0.6) is 5.75 Å². The summed E-state index contributed by atoms with van der Waals surface area (Å²) in [4.78, 5) is 53.6. The van der Waals surface area contributed by atoms with E-state index in [0.29, 0.717) is 11.4 Å². The Hall–Kier alpha value is -4.46. The van der Waals surface area contributed by atoms with Crippen molar-refractivity contribution in [1.29, 1.82) is 0 Å². The van der Waals surface area contributed by atoms with Crippen LogP contribution in [0.2, 0.25) is 0 Å². The Morgan fingerprint density at radius 3 is 2.08 bits per heavy atom. The Kier molecular flexibility index (Phi) is 7.15. The molecule has 184 valence electrons. The number of nitrogens with one attached hydrogen (secondary N) is 1. The number of nitrogens with zero attached hydrogens (tertiary/aromatic N) is 2. The highest BCUT2D eigenvalue weighted by Gasteiger charge is 2.46. The highest BCUT2D eigenvalue weighted by molar-refractivity contribution is 6.23. The summed E-state index contributed by atoms with van der Waals surface area (Å²) < 4.78 is 5.35. The molecule has 0 aliphatic carbocycles. The molecule has 36 heavy (non-hydrogen) atoms. The fourth-order valence-corrected chi connectivity index (χ4v) is 4.39. The summed E-state index contributed by atoms with van der Waals surface area (Å²) in [5.74, 6) is -2.53. The average Bonchev–Trinajstić information content (AvgIpc) is 3.17. The van der Waals surface area contributed by atoms with E-state index in [4.69, 9.17) is 4.74 Å². The summed E-state index contributed by atoms with van der Waals surface area (Å²) in [6, 6.07) is 22.3. The van der Waals surface area contributed by atoms with Crippen LogP contribution in [0.3, 0.4) is 0 Å². The van der Waals surface area contributed by atoms with E-state index in [1.54, 1.807) is 18.2 Å². The highest BCUT2D eigenvalue weighted by atomic mass is 16.5. The quantitative estimate of drug-likeness (QED) is 0.427. The second-order valence-corrected chi connectivity index (χ2v) is 8.58. The Morgan fingerprint density at radius 1 is 0.972 bits per heavy atom. The smallest absolute Gasteiger partial charge is 0.259 e. The van der Waals surface area contributed by atoms with E-state index in [9.17, 15) is 19.2 Å². The van der Waals surface area contributed by atoms with E-state index >= 15 is 0 Å². The molecule has 3 aromatic carbocycles. The lowest BCUT2D eigenvalue weighted by Gasteiger charge is -2.29. The Balaban J connectivity index is 1.65. The number of carbonyl (C=O) groups is 4. The molecule has 8 heteroatoms. The molecule has 0 radical (unpaired) electrons. The number of methoxy groups -OCH3 is 1. The van der Waals surface area contributed by atoms with Gasteiger partial charge in [0.25, 0.3) is 11.8 Å². The van der Waals surface area contributed by atoms with Crippen LogP contribution < -0.4 is 15.1 Å². The molecule has 4 rings (SSSR count). The molecule has 0 saturated carbocycles. The predicted molar refractivity (Wildman–Crippen MR) is 134 cm³/mol. The molecule has 0 aromatic heterocycles. The molecule has 0 bridgehead atoms. The molecule has 4 amide bonds. The zero-order valence-corrected chi connectivity index (χ0v) is 20.3. The first-order valence-corrected chi connectivity index (χ1v) is 11.5. The van der Waals surface area contributed by atoms with Gasteiger partial charge >= 0.3 is 0 Å². The molecule has 0 spiro atoms. The number of aryl methyl sites for hydroxylation is 1. The van der Waals surface area contributed by atoms with Gasteiger partial charge in [0.2, 0.25) is 11.8 Å². The van der Waals surface area contributed by atoms with Gasteiger partial charge in [-0.25, -0.2) is 9.91 Å². The third-order valence-corrected chi connectivity index (χ3v) is 6.11. The second kappa shape index (κ2) is 10.4. The molecular weight excluding hydrogens is 458 g/mol. The van der Waals surface area contributed by atoms with Crippen molar-refractivity contribution in [3.8, 4) is 5.75 Å². The zero-order chi connectivity index (χ0) is 25.8. The van der Waals surface area contributed by atoms with Crippen molar-refractivity contribution in [1.82, 2.24) is 10.4 Å². The fourth-order valence-electron chi connectivity index (χ4n) is 4.39. The lowest BCUT2D eigenvalue weighted by Crippen LogP contribution is -2.55. The standard InChI is InChI=1S/C28H27N3O5/c1-18-14-15-24(36-3)22(16-18)30-25(33)17-23(28(30)35)31(19(2)32)29-27(34)26(20-10-6-4-7-11-20)21-12-8-5-9-13-21/h4-16,23,26H,17H2,1-3H3,(H,29,34). The van der Waals surface area contributed by atoms with Gasteiger partial charge in [-0.1, -0.05) is 66.7 Å². The molecule has 1 N–H and O–H groups in total. The summed E-state index contributed by atoms with van der Waals surface area (Å²) in [6.07, 6.45) is -0.267.